The van der Waals surface area contributed by atoms with Crippen LogP contribution in [0.1, 0.15) is 44.6 Å². The molecule has 1 aromatic carbocycles. The molecule has 1 aliphatic heterocycles. The molecule has 0 unspecified atom stereocenters. The number of hydrogen-bond donors (Lipinski definition) is 1. The molecule has 2 fully saturated rings. The zero-order valence-corrected chi connectivity index (χ0v) is 17.8. The van der Waals surface area contributed by atoms with Gasteiger partial charge in [0, 0.05) is 37.9 Å². The molecule has 0 spiro atoms. The van der Waals surface area contributed by atoms with Crippen molar-refractivity contribution in [3.05, 3.63) is 54.4 Å². The molecule has 30 heavy (non-hydrogen) atoms. The van der Waals surface area contributed by atoms with Gasteiger partial charge >= 0.3 is 0 Å². The van der Waals surface area contributed by atoms with Gasteiger partial charge in [0.05, 0.1) is 5.41 Å². The third-order valence-corrected chi connectivity index (χ3v) is 6.70. The Hall–Kier alpha value is -2.69. The van der Waals surface area contributed by atoms with E-state index in [1.54, 1.807) is 12.4 Å². The molecule has 1 N–H and O–H groups in total. The first-order chi connectivity index (χ1) is 14.6. The lowest BCUT2D eigenvalue weighted by Crippen LogP contribution is -2.55. The molecule has 1 aromatic heterocycles. The largest absolute Gasteiger partial charge is 0.356 e. The van der Waals surface area contributed by atoms with Gasteiger partial charge in [0.2, 0.25) is 11.8 Å². The molecule has 1 aliphatic carbocycles. The molecule has 0 radical (unpaired) electrons. The Balaban J connectivity index is 1.65. The van der Waals surface area contributed by atoms with Gasteiger partial charge in [-0.1, -0.05) is 30.7 Å². The van der Waals surface area contributed by atoms with E-state index in [1.165, 1.54) is 0 Å². The van der Waals surface area contributed by atoms with Gasteiger partial charge in [0.1, 0.15) is 0 Å². The van der Waals surface area contributed by atoms with E-state index in [1.807, 2.05) is 36.1 Å². The van der Waals surface area contributed by atoms with E-state index in [4.69, 9.17) is 0 Å². The van der Waals surface area contributed by atoms with Crippen LogP contribution in [0.3, 0.4) is 0 Å². The molecule has 158 valence electrons. The van der Waals surface area contributed by atoms with Crippen LogP contribution in [-0.4, -0.2) is 41.3 Å². The summed E-state index contributed by atoms with van der Waals surface area (Å²) in [4.78, 5) is 32.4. The van der Waals surface area contributed by atoms with E-state index in [0.29, 0.717) is 19.5 Å². The van der Waals surface area contributed by atoms with Crippen LogP contribution in [0.5, 0.6) is 0 Å². The number of likely N-dealkylation sites (tertiary alicyclic amines) is 1. The molecule has 2 heterocycles. The third kappa shape index (κ3) is 4.11. The predicted octanol–water partition coefficient (Wildman–Crippen LogP) is 3.84. The fraction of sp³-hybridized carbons (Fsp3) is 0.480. The number of pyridine rings is 1. The second-order valence-corrected chi connectivity index (χ2v) is 8.70. The Morgan fingerprint density at radius 2 is 1.90 bits per heavy atom. The van der Waals surface area contributed by atoms with Crippen molar-refractivity contribution in [2.24, 2.45) is 11.3 Å². The van der Waals surface area contributed by atoms with E-state index in [-0.39, 0.29) is 17.7 Å². The van der Waals surface area contributed by atoms with Crippen LogP contribution >= 0.6 is 0 Å². The molecular weight excluding hydrogens is 374 g/mol. The lowest BCUT2D eigenvalue weighted by molar-refractivity contribution is -0.146. The molecule has 1 atom stereocenters. The maximum absolute atomic E-state index is 13.3. The van der Waals surface area contributed by atoms with Gasteiger partial charge in [-0.15, -0.1) is 0 Å². The summed E-state index contributed by atoms with van der Waals surface area (Å²) >= 11 is 0. The third-order valence-electron chi connectivity index (χ3n) is 6.70. The summed E-state index contributed by atoms with van der Waals surface area (Å²) in [5.74, 6) is 0.483. The summed E-state index contributed by atoms with van der Waals surface area (Å²) in [6.45, 7) is 3.83. The van der Waals surface area contributed by atoms with Crippen LogP contribution < -0.4 is 5.32 Å². The molecule has 5 nitrogen and oxygen atoms in total. The Labute approximate surface area is 178 Å². The number of aromatic nitrogens is 1. The summed E-state index contributed by atoms with van der Waals surface area (Å²) in [7, 11) is 0. The van der Waals surface area contributed by atoms with Crippen molar-refractivity contribution in [3.8, 4) is 11.1 Å². The fourth-order valence-corrected chi connectivity index (χ4v) is 4.84. The number of nitrogens with zero attached hydrogens (tertiary/aromatic N) is 2. The number of piperidine rings is 1. The van der Waals surface area contributed by atoms with Gasteiger partial charge in [-0.05, 0) is 67.9 Å². The average molecular weight is 406 g/mol. The number of hydrogen-bond acceptors (Lipinski definition) is 3. The van der Waals surface area contributed by atoms with Gasteiger partial charge < -0.3 is 10.2 Å². The number of benzene rings is 1. The molecule has 4 rings (SSSR count). The quantitative estimate of drug-likeness (QED) is 0.794. The first-order valence-corrected chi connectivity index (χ1v) is 11.2. The number of carbonyl (C=O) groups is 2. The number of carbonyl (C=O) groups excluding carboxylic acids is 2. The highest BCUT2D eigenvalue weighted by Gasteiger charge is 2.45. The molecule has 1 saturated heterocycles. The standard InChI is InChI=1S/C25H31N3O2/c1-2-27-24(30)25(13-6-16-28(18-25)23(29)20-8-5-9-20)17-21-7-3-4-10-22(21)19-11-14-26-15-12-19/h3-4,7,10-12,14-15,20H,2,5-6,8-9,13,16-18H2,1H3,(H,27,30)/t25-/m1/s1. The first-order valence-electron chi connectivity index (χ1n) is 11.2. The zero-order chi connectivity index (χ0) is 21.0. The lowest BCUT2D eigenvalue weighted by Gasteiger charge is -2.44. The van der Waals surface area contributed by atoms with Crippen LogP contribution in [0.2, 0.25) is 0 Å². The lowest BCUT2D eigenvalue weighted by atomic mass is 9.72. The van der Waals surface area contributed by atoms with Gasteiger partial charge in [-0.2, -0.15) is 0 Å². The van der Waals surface area contributed by atoms with Crippen molar-refractivity contribution in [1.29, 1.82) is 0 Å². The highest BCUT2D eigenvalue weighted by molar-refractivity contribution is 5.86. The summed E-state index contributed by atoms with van der Waals surface area (Å²) in [5, 5.41) is 3.07. The number of rotatable bonds is 6. The van der Waals surface area contributed by atoms with Crippen molar-refractivity contribution in [2.45, 2.75) is 45.4 Å². The van der Waals surface area contributed by atoms with Crippen molar-refractivity contribution in [2.75, 3.05) is 19.6 Å². The predicted molar refractivity (Wildman–Crippen MR) is 118 cm³/mol. The zero-order valence-electron chi connectivity index (χ0n) is 17.8. The molecule has 2 aromatic rings. The maximum atomic E-state index is 13.3. The maximum Gasteiger partial charge on any atom is 0.228 e. The second kappa shape index (κ2) is 8.99. The summed E-state index contributed by atoms with van der Waals surface area (Å²) in [6.07, 6.45) is 9.03. The van der Waals surface area contributed by atoms with Crippen LogP contribution in [0.4, 0.5) is 0 Å². The molecule has 2 aliphatic rings. The second-order valence-electron chi connectivity index (χ2n) is 8.70. The van der Waals surface area contributed by atoms with E-state index >= 15 is 0 Å². The average Bonchev–Trinajstić information content (AvgIpc) is 2.74. The number of amides is 2. The van der Waals surface area contributed by atoms with Crippen molar-refractivity contribution >= 4 is 11.8 Å². The van der Waals surface area contributed by atoms with Crippen LogP contribution in [-0.2, 0) is 16.0 Å². The van der Waals surface area contributed by atoms with Crippen LogP contribution in [0.25, 0.3) is 11.1 Å². The molecule has 2 amide bonds. The number of nitrogens with one attached hydrogen (secondary N) is 1. The Morgan fingerprint density at radius 1 is 1.13 bits per heavy atom. The van der Waals surface area contributed by atoms with E-state index in [9.17, 15) is 9.59 Å². The van der Waals surface area contributed by atoms with Crippen molar-refractivity contribution < 1.29 is 9.59 Å². The van der Waals surface area contributed by atoms with Crippen LogP contribution in [0.15, 0.2) is 48.8 Å². The van der Waals surface area contributed by atoms with Gasteiger partial charge in [-0.3, -0.25) is 14.6 Å². The van der Waals surface area contributed by atoms with Gasteiger partial charge in [0.25, 0.3) is 0 Å². The summed E-state index contributed by atoms with van der Waals surface area (Å²) in [6, 6.07) is 12.3. The minimum absolute atomic E-state index is 0.0700. The van der Waals surface area contributed by atoms with Crippen molar-refractivity contribution in [1.82, 2.24) is 15.2 Å². The fourth-order valence-electron chi connectivity index (χ4n) is 4.84. The Morgan fingerprint density at radius 3 is 2.60 bits per heavy atom. The highest BCUT2D eigenvalue weighted by atomic mass is 16.2. The molecule has 0 bridgehead atoms. The van der Waals surface area contributed by atoms with Gasteiger partial charge in [0.15, 0.2) is 0 Å². The molecule has 5 heteroatoms. The topological polar surface area (TPSA) is 62.3 Å². The normalized spacial score (nSPS) is 21.7. The minimum atomic E-state index is -0.587. The summed E-state index contributed by atoms with van der Waals surface area (Å²) in [5.41, 5.74) is 2.79. The highest BCUT2D eigenvalue weighted by Crippen LogP contribution is 2.39. The van der Waals surface area contributed by atoms with Crippen LogP contribution in [0, 0.1) is 11.3 Å². The smallest absolute Gasteiger partial charge is 0.228 e. The van der Waals surface area contributed by atoms with E-state index < -0.39 is 5.41 Å². The van der Waals surface area contributed by atoms with Crippen molar-refractivity contribution in [3.63, 3.8) is 0 Å². The van der Waals surface area contributed by atoms with Gasteiger partial charge in [-0.25, -0.2) is 0 Å². The minimum Gasteiger partial charge on any atom is -0.356 e. The monoisotopic (exact) mass is 405 g/mol. The SMILES string of the molecule is CCNC(=O)[C@@]1(Cc2ccccc2-c2ccncc2)CCCN(C(=O)C2CCC2)C1. The first kappa shape index (κ1) is 20.6. The van der Waals surface area contributed by atoms with E-state index in [2.05, 4.69) is 22.4 Å². The summed E-state index contributed by atoms with van der Waals surface area (Å²) < 4.78 is 0. The Bertz CT molecular complexity index is 894. The molecule has 1 saturated carbocycles. The Kier molecular flexibility index (Phi) is 6.16. The molecular formula is C25H31N3O2. The van der Waals surface area contributed by atoms with E-state index in [0.717, 1.165) is 55.3 Å².